The monoisotopic (exact) mass is 1180 g/mol. The van der Waals surface area contributed by atoms with Gasteiger partial charge in [0.1, 0.15) is 25.0 Å². The van der Waals surface area contributed by atoms with Crippen LogP contribution in [0.1, 0.15) is 85.9 Å². The highest BCUT2D eigenvalue weighted by atomic mass is 35.5. The Morgan fingerprint density at radius 3 is 1.00 bits per heavy atom. The van der Waals surface area contributed by atoms with E-state index < -0.39 is 0 Å². The number of rotatable bonds is 10. The Balaban J connectivity index is 0.000000152. The van der Waals surface area contributed by atoms with E-state index in [4.69, 9.17) is 66.7 Å². The highest BCUT2D eigenvalue weighted by Gasteiger charge is 2.51. The molecule has 13 rings (SSSR count). The van der Waals surface area contributed by atoms with Gasteiger partial charge in [-0.15, -0.1) is 0 Å². The van der Waals surface area contributed by atoms with Crippen molar-refractivity contribution in [1.82, 2.24) is 19.9 Å². The molecule has 4 aliphatic rings. The maximum atomic E-state index is 6.06. The van der Waals surface area contributed by atoms with Gasteiger partial charge in [0.25, 0.3) is 0 Å². The van der Waals surface area contributed by atoms with E-state index in [1.165, 1.54) is 11.1 Å². The van der Waals surface area contributed by atoms with Gasteiger partial charge >= 0.3 is 7.12 Å². The third kappa shape index (κ3) is 14.0. The highest BCUT2D eigenvalue weighted by molar-refractivity contribution is 6.62. The Hall–Kier alpha value is -8.33. The van der Waals surface area contributed by atoms with Crippen molar-refractivity contribution in [2.75, 3.05) is 19.8 Å². The van der Waals surface area contributed by atoms with Crippen molar-refractivity contribution in [3.8, 4) is 67.4 Å². The first-order valence-electron chi connectivity index (χ1n) is 28.8. The number of halogens is 2. The van der Waals surface area contributed by atoms with Crippen molar-refractivity contribution < 1.29 is 23.5 Å². The number of benzene rings is 7. The summed E-state index contributed by atoms with van der Waals surface area (Å²) >= 11 is 11.7. The summed E-state index contributed by atoms with van der Waals surface area (Å²) in [6, 6.07) is 65.4. The normalized spacial score (nSPS) is 17.3. The van der Waals surface area contributed by atoms with Gasteiger partial charge in [0.2, 0.25) is 23.0 Å². The smallest absolute Gasteiger partial charge is 0.475 e. The van der Waals surface area contributed by atoms with Gasteiger partial charge in [0.05, 0.1) is 44.9 Å². The van der Waals surface area contributed by atoms with Crippen molar-refractivity contribution in [2.24, 2.45) is 15.0 Å². The van der Waals surface area contributed by atoms with Crippen LogP contribution in [0.2, 0.25) is 10.4 Å². The zero-order valence-electron chi connectivity index (χ0n) is 50.1. The van der Waals surface area contributed by atoms with Crippen molar-refractivity contribution in [3.63, 3.8) is 0 Å². The minimum atomic E-state index is -0.332. The molecular formula is C71H68BCl2N7O5. The molecule has 15 heteroatoms. The predicted molar refractivity (Wildman–Crippen MR) is 349 cm³/mol. The Morgan fingerprint density at radius 2 is 0.651 bits per heavy atom. The first kappa shape index (κ1) is 59.4. The quantitative estimate of drug-likeness (QED) is 0.0745. The van der Waals surface area contributed by atoms with Crippen molar-refractivity contribution in [2.45, 2.75) is 97.1 Å². The third-order valence-corrected chi connectivity index (χ3v) is 15.7. The lowest BCUT2D eigenvalue weighted by Gasteiger charge is -2.32. The first-order chi connectivity index (χ1) is 41.0. The van der Waals surface area contributed by atoms with Crippen LogP contribution >= 0.6 is 23.2 Å². The summed E-state index contributed by atoms with van der Waals surface area (Å²) in [6.45, 7) is 22.5. The van der Waals surface area contributed by atoms with Gasteiger partial charge in [-0.1, -0.05) is 157 Å². The summed E-state index contributed by atoms with van der Waals surface area (Å²) in [5.41, 5.74) is 13.7. The Bertz CT molecular complexity index is 3840. The minimum absolute atomic E-state index is 0.139. The van der Waals surface area contributed by atoms with Gasteiger partial charge < -0.3 is 23.5 Å². The molecule has 7 aromatic carbocycles. The summed E-state index contributed by atoms with van der Waals surface area (Å²) in [5.74, 6) is 2.73. The maximum absolute atomic E-state index is 6.06. The fourth-order valence-corrected chi connectivity index (χ4v) is 10.3. The van der Waals surface area contributed by atoms with Crippen LogP contribution in [0.3, 0.4) is 0 Å². The summed E-state index contributed by atoms with van der Waals surface area (Å²) in [6.07, 6.45) is 0. The van der Waals surface area contributed by atoms with E-state index in [2.05, 4.69) is 175 Å². The molecule has 0 bridgehead atoms. The molecule has 12 nitrogen and oxygen atoms in total. The number of nitrogens with zero attached hydrogens (tertiary/aromatic N) is 7. The molecule has 0 N–H and O–H groups in total. The molecule has 0 atom stereocenters. The first-order valence-corrected chi connectivity index (χ1v) is 29.6. The van der Waals surface area contributed by atoms with Crippen LogP contribution in [0.15, 0.2) is 209 Å². The Morgan fingerprint density at radius 1 is 0.337 bits per heavy atom. The molecule has 0 unspecified atom stereocenters. The van der Waals surface area contributed by atoms with E-state index in [0.29, 0.717) is 48.5 Å². The lowest BCUT2D eigenvalue weighted by molar-refractivity contribution is 0.00578. The zero-order chi connectivity index (χ0) is 60.4. The lowest BCUT2D eigenvalue weighted by Crippen LogP contribution is -2.41. The Labute approximate surface area is 514 Å². The van der Waals surface area contributed by atoms with Gasteiger partial charge in [0, 0.05) is 45.0 Å². The molecule has 1 saturated heterocycles. The van der Waals surface area contributed by atoms with E-state index in [1.807, 2.05) is 97.1 Å². The van der Waals surface area contributed by atoms with Crippen molar-refractivity contribution >= 4 is 53.5 Å². The van der Waals surface area contributed by atoms with Crippen LogP contribution in [0.4, 0.5) is 0 Å². The van der Waals surface area contributed by atoms with Crippen LogP contribution in [-0.4, -0.2) is 92.4 Å². The average molecular weight is 1180 g/mol. The van der Waals surface area contributed by atoms with Crippen LogP contribution in [0.25, 0.3) is 67.4 Å². The molecule has 86 heavy (non-hydrogen) atoms. The summed E-state index contributed by atoms with van der Waals surface area (Å²) < 4.78 is 29.5. The predicted octanol–water partition coefficient (Wildman–Crippen LogP) is 15.9. The van der Waals surface area contributed by atoms with Crippen LogP contribution < -0.4 is 5.46 Å². The molecule has 2 aromatic heterocycles. The fraction of sp³-hybridized carbons (Fsp3) is 0.254. The maximum Gasteiger partial charge on any atom is 0.494 e. The molecule has 0 aliphatic carbocycles. The minimum Gasteiger partial charge on any atom is -0.475 e. The standard InChI is InChI=1S/C38H34N4O2.C17H24BNO3.C16H10Cl2N2/c1-37(2)23-43-35(41-37)30-18-14-28(15-19-30)33-22-32(27-12-10-26(11-13-27)25-8-6-5-7-9-25)39-34(40-33)29-16-20-31(21-17-29)36-42-38(3,4)24-44-36;1-15(2)11-20-14(19-15)12-7-9-13(10-8-12)18-21-16(3,4)17(5,6)22-18;17-15-10-14(19-16(18)20-15)13-8-6-12(7-9-13)11-4-2-1-3-5-11/h5-22H,23-24H2,1-4H3;7-10H,11H2,1-6H3;1-10H. The van der Waals surface area contributed by atoms with Gasteiger partial charge in [-0.25, -0.2) is 34.9 Å². The molecule has 9 aromatic rings. The Kier molecular flexibility index (Phi) is 16.7. The summed E-state index contributed by atoms with van der Waals surface area (Å²) in [4.78, 5) is 32.1. The molecule has 0 spiro atoms. The average Bonchev–Trinajstić information content (AvgIpc) is 2.30. The van der Waals surface area contributed by atoms with Crippen LogP contribution in [0.5, 0.6) is 0 Å². The number of aromatic nitrogens is 4. The van der Waals surface area contributed by atoms with Crippen LogP contribution in [0, 0.1) is 0 Å². The van der Waals surface area contributed by atoms with Crippen molar-refractivity contribution in [3.05, 3.63) is 221 Å². The molecule has 434 valence electrons. The molecular weight excluding hydrogens is 1110 g/mol. The number of ether oxygens (including phenoxy) is 3. The topological polar surface area (TPSA) is 135 Å². The van der Waals surface area contributed by atoms with E-state index >= 15 is 0 Å². The van der Waals surface area contributed by atoms with E-state index in [0.717, 1.165) is 72.6 Å². The lowest BCUT2D eigenvalue weighted by atomic mass is 9.79. The van der Waals surface area contributed by atoms with Gasteiger partial charge in [-0.05, 0) is 151 Å². The van der Waals surface area contributed by atoms with Crippen LogP contribution in [-0.2, 0) is 23.5 Å². The van der Waals surface area contributed by atoms with Gasteiger partial charge in [-0.3, -0.25) is 0 Å². The third-order valence-electron chi connectivity index (χ3n) is 15.4. The summed E-state index contributed by atoms with van der Waals surface area (Å²) in [5, 5.41) is 0.492. The largest absolute Gasteiger partial charge is 0.494 e. The fourth-order valence-electron chi connectivity index (χ4n) is 9.84. The molecule has 6 heterocycles. The van der Waals surface area contributed by atoms with E-state index in [1.54, 1.807) is 6.07 Å². The van der Waals surface area contributed by atoms with Gasteiger partial charge in [-0.2, -0.15) is 0 Å². The number of hydrogen-bond donors (Lipinski definition) is 0. The molecule has 0 radical (unpaired) electrons. The van der Waals surface area contributed by atoms with E-state index in [9.17, 15) is 0 Å². The molecule has 0 saturated carbocycles. The second-order valence-corrected chi connectivity index (χ2v) is 25.3. The number of aliphatic imine (C=N–C) groups is 3. The SMILES string of the molecule is CC1(C)COC(c2ccc(-c3cc(-c4ccc(-c5ccccc5)cc4)nc(-c4ccc(C5=NC(C)(C)CO5)cc4)n3)cc2)=N1.CC1(C)COC(c2ccc(B3OC(C)(C)C(C)(C)O3)cc2)=N1.Clc1cc(-c2ccc(-c3ccccc3)cc2)nc(Cl)n1. The molecule has 4 aliphatic heterocycles. The molecule has 1 fully saturated rings. The van der Waals surface area contributed by atoms with Gasteiger partial charge in [0.15, 0.2) is 5.82 Å². The molecule has 0 amide bonds. The van der Waals surface area contributed by atoms with Crippen molar-refractivity contribution in [1.29, 1.82) is 0 Å². The highest BCUT2D eigenvalue weighted by Crippen LogP contribution is 2.37. The summed E-state index contributed by atoms with van der Waals surface area (Å²) in [7, 11) is -0.332. The zero-order valence-corrected chi connectivity index (χ0v) is 51.6. The number of hydrogen-bond acceptors (Lipinski definition) is 12. The second kappa shape index (κ2) is 24.2. The van der Waals surface area contributed by atoms with E-state index in [-0.39, 0.29) is 40.2 Å². The second-order valence-electron chi connectivity index (χ2n) is 24.6.